The Morgan fingerprint density at radius 2 is 1.65 bits per heavy atom. The predicted molar refractivity (Wildman–Crippen MR) is 75.0 cm³/mol. The topological polar surface area (TPSA) is 57.2 Å². The molecular weight excluding hydrogens is 260 g/mol. The van der Waals surface area contributed by atoms with E-state index in [9.17, 15) is 5.11 Å². The molecule has 0 saturated heterocycles. The molecule has 20 heavy (non-hydrogen) atoms. The molecule has 1 aromatic carbocycles. The Morgan fingerprint density at radius 1 is 1.00 bits per heavy atom. The summed E-state index contributed by atoms with van der Waals surface area (Å²) in [7, 11) is 4.72. The van der Waals surface area contributed by atoms with E-state index >= 15 is 0 Å². The van der Waals surface area contributed by atoms with Crippen LogP contribution in [0, 0.1) is 0 Å². The standard InChI is InChI=1S/C15H22O5/c1-17-13-8-12(9-14(18-2)15(13)19-3)20-11-6-4-5-10(16)7-11/h8-11,16H,4-7H2,1-3H3. The minimum absolute atomic E-state index is 0.0292. The van der Waals surface area contributed by atoms with Crippen LogP contribution in [0.2, 0.25) is 0 Å². The van der Waals surface area contributed by atoms with Gasteiger partial charge in [0.15, 0.2) is 11.5 Å². The molecule has 5 nitrogen and oxygen atoms in total. The highest BCUT2D eigenvalue weighted by Crippen LogP contribution is 2.41. The molecule has 5 heteroatoms. The van der Waals surface area contributed by atoms with Gasteiger partial charge < -0.3 is 24.1 Å². The summed E-state index contributed by atoms with van der Waals surface area (Å²) in [5.41, 5.74) is 0. The van der Waals surface area contributed by atoms with Gasteiger partial charge in [0.1, 0.15) is 11.9 Å². The van der Waals surface area contributed by atoms with Gasteiger partial charge in [-0.25, -0.2) is 0 Å². The molecular formula is C15H22O5. The SMILES string of the molecule is COc1cc(OC2CCCC(O)C2)cc(OC)c1OC. The number of rotatable bonds is 5. The lowest BCUT2D eigenvalue weighted by Crippen LogP contribution is -2.28. The van der Waals surface area contributed by atoms with Crippen molar-refractivity contribution < 1.29 is 24.1 Å². The van der Waals surface area contributed by atoms with Crippen molar-refractivity contribution in [3.8, 4) is 23.0 Å². The molecule has 0 aliphatic heterocycles. The van der Waals surface area contributed by atoms with Crippen molar-refractivity contribution in [3.63, 3.8) is 0 Å². The van der Waals surface area contributed by atoms with E-state index in [0.717, 1.165) is 19.3 Å². The fourth-order valence-corrected chi connectivity index (χ4v) is 2.54. The summed E-state index contributed by atoms with van der Waals surface area (Å²) in [5, 5.41) is 9.69. The van der Waals surface area contributed by atoms with Gasteiger partial charge in [-0.15, -0.1) is 0 Å². The molecule has 1 N–H and O–H groups in total. The average Bonchev–Trinajstić information content (AvgIpc) is 2.46. The maximum absolute atomic E-state index is 9.69. The van der Waals surface area contributed by atoms with E-state index in [1.165, 1.54) is 0 Å². The number of hydrogen-bond acceptors (Lipinski definition) is 5. The van der Waals surface area contributed by atoms with Crippen LogP contribution in [0.15, 0.2) is 12.1 Å². The molecule has 0 radical (unpaired) electrons. The summed E-state index contributed by atoms with van der Waals surface area (Å²) in [6.45, 7) is 0. The third-order valence-electron chi connectivity index (χ3n) is 3.54. The summed E-state index contributed by atoms with van der Waals surface area (Å²) in [6.07, 6.45) is 3.22. The minimum Gasteiger partial charge on any atom is -0.493 e. The van der Waals surface area contributed by atoms with Crippen molar-refractivity contribution in [3.05, 3.63) is 12.1 Å². The van der Waals surface area contributed by atoms with Crippen LogP contribution >= 0.6 is 0 Å². The number of benzene rings is 1. The fraction of sp³-hybridized carbons (Fsp3) is 0.600. The highest BCUT2D eigenvalue weighted by Gasteiger charge is 2.23. The molecule has 1 aliphatic carbocycles. The van der Waals surface area contributed by atoms with Gasteiger partial charge >= 0.3 is 0 Å². The van der Waals surface area contributed by atoms with Gasteiger partial charge in [0.05, 0.1) is 27.4 Å². The van der Waals surface area contributed by atoms with E-state index in [-0.39, 0.29) is 12.2 Å². The van der Waals surface area contributed by atoms with E-state index in [0.29, 0.717) is 29.4 Å². The van der Waals surface area contributed by atoms with Crippen LogP contribution in [-0.4, -0.2) is 38.6 Å². The Morgan fingerprint density at radius 3 is 2.15 bits per heavy atom. The van der Waals surface area contributed by atoms with E-state index in [4.69, 9.17) is 18.9 Å². The maximum atomic E-state index is 9.69. The second-order valence-electron chi connectivity index (χ2n) is 4.92. The lowest BCUT2D eigenvalue weighted by atomic mass is 9.95. The first-order valence-electron chi connectivity index (χ1n) is 6.82. The van der Waals surface area contributed by atoms with Gasteiger partial charge in [-0.3, -0.25) is 0 Å². The molecule has 1 saturated carbocycles. The quantitative estimate of drug-likeness (QED) is 0.898. The van der Waals surface area contributed by atoms with Crippen LogP contribution < -0.4 is 18.9 Å². The Kier molecular flexibility index (Phi) is 4.95. The summed E-state index contributed by atoms with van der Waals surface area (Å²) in [4.78, 5) is 0. The molecule has 1 aliphatic rings. The predicted octanol–water partition coefficient (Wildman–Crippen LogP) is 2.39. The molecule has 1 fully saturated rings. The lowest BCUT2D eigenvalue weighted by molar-refractivity contribution is 0.0534. The van der Waals surface area contributed by atoms with Gasteiger partial charge in [0, 0.05) is 18.6 Å². The third kappa shape index (κ3) is 3.28. The van der Waals surface area contributed by atoms with Crippen molar-refractivity contribution in [1.29, 1.82) is 0 Å². The van der Waals surface area contributed by atoms with Crippen molar-refractivity contribution in [2.75, 3.05) is 21.3 Å². The molecule has 2 atom stereocenters. The van der Waals surface area contributed by atoms with Gasteiger partial charge in [0.25, 0.3) is 0 Å². The molecule has 0 spiro atoms. The number of methoxy groups -OCH3 is 3. The maximum Gasteiger partial charge on any atom is 0.203 e. The van der Waals surface area contributed by atoms with Crippen LogP contribution in [0.1, 0.15) is 25.7 Å². The Hall–Kier alpha value is -1.62. The van der Waals surface area contributed by atoms with Crippen LogP contribution in [-0.2, 0) is 0 Å². The van der Waals surface area contributed by atoms with Gasteiger partial charge in [-0.05, 0) is 19.3 Å². The Balaban J connectivity index is 2.19. The van der Waals surface area contributed by atoms with Crippen molar-refractivity contribution in [2.45, 2.75) is 37.9 Å². The number of aliphatic hydroxyl groups excluding tert-OH is 1. The smallest absolute Gasteiger partial charge is 0.203 e. The second kappa shape index (κ2) is 6.70. The van der Waals surface area contributed by atoms with Gasteiger partial charge in [-0.1, -0.05) is 0 Å². The average molecular weight is 282 g/mol. The minimum atomic E-state index is -0.268. The number of aliphatic hydroxyl groups is 1. The lowest BCUT2D eigenvalue weighted by Gasteiger charge is -2.27. The summed E-state index contributed by atoms with van der Waals surface area (Å²) in [5.74, 6) is 2.35. The summed E-state index contributed by atoms with van der Waals surface area (Å²) in [6, 6.07) is 3.56. The van der Waals surface area contributed by atoms with Crippen LogP contribution in [0.3, 0.4) is 0 Å². The zero-order chi connectivity index (χ0) is 14.5. The zero-order valence-electron chi connectivity index (χ0n) is 12.2. The molecule has 1 aromatic rings. The van der Waals surface area contributed by atoms with Crippen molar-refractivity contribution in [1.82, 2.24) is 0 Å². The first-order valence-corrected chi connectivity index (χ1v) is 6.82. The Labute approximate surface area is 119 Å². The van der Waals surface area contributed by atoms with Crippen LogP contribution in [0.25, 0.3) is 0 Å². The van der Waals surface area contributed by atoms with E-state index in [2.05, 4.69) is 0 Å². The first kappa shape index (κ1) is 14.8. The molecule has 112 valence electrons. The second-order valence-corrected chi connectivity index (χ2v) is 4.92. The highest BCUT2D eigenvalue weighted by molar-refractivity contribution is 5.55. The van der Waals surface area contributed by atoms with Crippen LogP contribution in [0.5, 0.6) is 23.0 Å². The Bertz CT molecular complexity index is 421. The van der Waals surface area contributed by atoms with E-state index in [1.807, 2.05) is 0 Å². The molecule has 0 bridgehead atoms. The normalized spacial score (nSPS) is 22.2. The van der Waals surface area contributed by atoms with Gasteiger partial charge in [0.2, 0.25) is 5.75 Å². The molecule has 2 rings (SSSR count). The van der Waals surface area contributed by atoms with Crippen LogP contribution in [0.4, 0.5) is 0 Å². The molecule has 0 heterocycles. The van der Waals surface area contributed by atoms with Crippen molar-refractivity contribution in [2.24, 2.45) is 0 Å². The van der Waals surface area contributed by atoms with E-state index < -0.39 is 0 Å². The molecule has 2 unspecified atom stereocenters. The van der Waals surface area contributed by atoms with E-state index in [1.54, 1.807) is 33.5 Å². The fourth-order valence-electron chi connectivity index (χ4n) is 2.54. The zero-order valence-corrected chi connectivity index (χ0v) is 12.2. The largest absolute Gasteiger partial charge is 0.493 e. The first-order chi connectivity index (χ1) is 9.67. The number of hydrogen-bond donors (Lipinski definition) is 1. The number of ether oxygens (including phenoxy) is 4. The summed E-state index contributed by atoms with van der Waals surface area (Å²) < 4.78 is 21.8. The van der Waals surface area contributed by atoms with Gasteiger partial charge in [-0.2, -0.15) is 0 Å². The monoisotopic (exact) mass is 282 g/mol. The molecule has 0 aromatic heterocycles. The van der Waals surface area contributed by atoms with Crippen molar-refractivity contribution >= 4 is 0 Å². The molecule has 0 amide bonds. The third-order valence-corrected chi connectivity index (χ3v) is 3.54. The summed E-state index contributed by atoms with van der Waals surface area (Å²) >= 11 is 0. The highest BCUT2D eigenvalue weighted by atomic mass is 16.5.